The van der Waals surface area contributed by atoms with Gasteiger partial charge in [-0.05, 0) is 43.5 Å². The molecule has 3 nitrogen and oxygen atoms in total. The van der Waals surface area contributed by atoms with Crippen molar-refractivity contribution in [3.8, 4) is 0 Å². The van der Waals surface area contributed by atoms with E-state index in [1.54, 1.807) is 0 Å². The van der Waals surface area contributed by atoms with E-state index in [0.717, 1.165) is 35.6 Å². The number of hydrogen-bond acceptors (Lipinski definition) is 2. The summed E-state index contributed by atoms with van der Waals surface area (Å²) in [7, 11) is 0. The van der Waals surface area contributed by atoms with Crippen molar-refractivity contribution < 1.29 is 0 Å². The van der Waals surface area contributed by atoms with Crippen molar-refractivity contribution >= 4 is 22.8 Å². The molecule has 0 N–H and O–H groups in total. The summed E-state index contributed by atoms with van der Waals surface area (Å²) in [6.07, 6.45) is 0.956. The van der Waals surface area contributed by atoms with Crippen LogP contribution in [0.1, 0.15) is 22.6 Å². The molecule has 0 amide bonds. The number of benzene rings is 1. The van der Waals surface area contributed by atoms with Crippen LogP contribution in [0.25, 0.3) is 11.2 Å². The molecule has 2 aromatic heterocycles. The number of imidazole rings is 1. The SMILES string of the molecule is Cc1ccc2nc(CCl)n(CCc3ccccc3C)c2n1. The van der Waals surface area contributed by atoms with Crippen LogP contribution in [0.4, 0.5) is 0 Å². The van der Waals surface area contributed by atoms with Gasteiger partial charge in [0.05, 0.1) is 5.88 Å². The summed E-state index contributed by atoms with van der Waals surface area (Å²) < 4.78 is 2.14. The van der Waals surface area contributed by atoms with E-state index < -0.39 is 0 Å². The Hall–Kier alpha value is -1.87. The van der Waals surface area contributed by atoms with Crippen molar-refractivity contribution in [2.75, 3.05) is 0 Å². The van der Waals surface area contributed by atoms with Crippen LogP contribution in [0, 0.1) is 13.8 Å². The van der Waals surface area contributed by atoms with E-state index in [4.69, 9.17) is 11.6 Å². The minimum Gasteiger partial charge on any atom is -0.311 e. The molecule has 3 aromatic rings. The smallest absolute Gasteiger partial charge is 0.160 e. The van der Waals surface area contributed by atoms with E-state index in [9.17, 15) is 0 Å². The number of hydrogen-bond donors (Lipinski definition) is 0. The molecule has 2 heterocycles. The Labute approximate surface area is 129 Å². The van der Waals surface area contributed by atoms with Gasteiger partial charge in [-0.15, -0.1) is 11.6 Å². The van der Waals surface area contributed by atoms with Crippen LogP contribution in [-0.2, 0) is 18.8 Å². The molecule has 4 heteroatoms. The molecule has 0 aliphatic heterocycles. The quantitative estimate of drug-likeness (QED) is 0.681. The monoisotopic (exact) mass is 299 g/mol. The van der Waals surface area contributed by atoms with Crippen molar-refractivity contribution in [2.45, 2.75) is 32.7 Å². The Morgan fingerprint density at radius 3 is 2.62 bits per heavy atom. The standard InChI is InChI=1S/C17H18ClN3/c1-12-5-3-4-6-14(12)9-10-21-16(11-18)20-15-8-7-13(2)19-17(15)21/h3-8H,9-11H2,1-2H3. The number of pyridine rings is 1. The summed E-state index contributed by atoms with van der Waals surface area (Å²) in [4.78, 5) is 9.20. The Morgan fingerprint density at radius 1 is 1.05 bits per heavy atom. The van der Waals surface area contributed by atoms with Gasteiger partial charge in [-0.1, -0.05) is 24.3 Å². The van der Waals surface area contributed by atoms with E-state index in [-0.39, 0.29) is 0 Å². The Balaban J connectivity index is 1.96. The summed E-state index contributed by atoms with van der Waals surface area (Å²) >= 11 is 6.05. The van der Waals surface area contributed by atoms with Crippen molar-refractivity contribution in [3.63, 3.8) is 0 Å². The second kappa shape index (κ2) is 5.86. The minimum absolute atomic E-state index is 0.406. The number of nitrogens with zero attached hydrogens (tertiary/aromatic N) is 3. The highest BCUT2D eigenvalue weighted by Gasteiger charge is 2.11. The summed E-state index contributed by atoms with van der Waals surface area (Å²) in [5.41, 5.74) is 5.52. The van der Waals surface area contributed by atoms with Gasteiger partial charge in [0, 0.05) is 12.2 Å². The Bertz CT molecular complexity index is 777. The first-order valence-corrected chi connectivity index (χ1v) is 7.65. The lowest BCUT2D eigenvalue weighted by Gasteiger charge is -2.09. The molecule has 3 rings (SSSR count). The van der Waals surface area contributed by atoms with Gasteiger partial charge in [0.2, 0.25) is 0 Å². The predicted molar refractivity (Wildman–Crippen MR) is 86.7 cm³/mol. The van der Waals surface area contributed by atoms with Gasteiger partial charge < -0.3 is 4.57 Å². The summed E-state index contributed by atoms with van der Waals surface area (Å²) in [6, 6.07) is 12.5. The highest BCUT2D eigenvalue weighted by Crippen LogP contribution is 2.18. The average Bonchev–Trinajstić information content (AvgIpc) is 2.83. The third kappa shape index (κ3) is 2.79. The lowest BCUT2D eigenvalue weighted by Crippen LogP contribution is -2.07. The topological polar surface area (TPSA) is 30.7 Å². The van der Waals surface area contributed by atoms with E-state index in [2.05, 4.69) is 45.7 Å². The van der Waals surface area contributed by atoms with Crippen molar-refractivity contribution in [1.29, 1.82) is 0 Å². The highest BCUT2D eigenvalue weighted by atomic mass is 35.5. The minimum atomic E-state index is 0.406. The molecule has 0 saturated carbocycles. The molecule has 0 saturated heterocycles. The van der Waals surface area contributed by atoms with Crippen molar-refractivity contribution in [2.24, 2.45) is 0 Å². The first-order chi connectivity index (χ1) is 10.2. The van der Waals surface area contributed by atoms with Crippen LogP contribution >= 0.6 is 11.6 Å². The van der Waals surface area contributed by atoms with Crippen LogP contribution in [-0.4, -0.2) is 14.5 Å². The first-order valence-electron chi connectivity index (χ1n) is 7.12. The fraction of sp³-hybridized carbons (Fsp3) is 0.294. The van der Waals surface area contributed by atoms with Gasteiger partial charge >= 0.3 is 0 Å². The molecular formula is C17H18ClN3. The fourth-order valence-electron chi connectivity index (χ4n) is 2.60. The first kappa shape index (κ1) is 14.1. The van der Waals surface area contributed by atoms with E-state index in [1.165, 1.54) is 11.1 Å². The number of aryl methyl sites for hydroxylation is 4. The third-order valence-corrected chi connectivity index (χ3v) is 4.04. The lowest BCUT2D eigenvalue weighted by molar-refractivity contribution is 0.680. The van der Waals surface area contributed by atoms with Crippen LogP contribution in [0.3, 0.4) is 0 Å². The van der Waals surface area contributed by atoms with Crippen LogP contribution < -0.4 is 0 Å². The second-order valence-corrected chi connectivity index (χ2v) is 5.55. The fourth-order valence-corrected chi connectivity index (χ4v) is 2.81. The zero-order chi connectivity index (χ0) is 14.8. The maximum absolute atomic E-state index is 6.05. The molecule has 0 spiro atoms. The van der Waals surface area contributed by atoms with Gasteiger partial charge in [0.1, 0.15) is 11.3 Å². The zero-order valence-corrected chi connectivity index (χ0v) is 13.1. The van der Waals surface area contributed by atoms with Crippen molar-refractivity contribution in [1.82, 2.24) is 14.5 Å². The normalized spacial score (nSPS) is 11.2. The highest BCUT2D eigenvalue weighted by molar-refractivity contribution is 6.16. The van der Waals surface area contributed by atoms with Gasteiger partial charge in [-0.3, -0.25) is 0 Å². The van der Waals surface area contributed by atoms with Gasteiger partial charge in [0.15, 0.2) is 5.65 Å². The van der Waals surface area contributed by atoms with Gasteiger partial charge in [0.25, 0.3) is 0 Å². The van der Waals surface area contributed by atoms with E-state index in [1.807, 2.05) is 19.1 Å². The Kier molecular flexibility index (Phi) is 3.93. The molecule has 0 aliphatic carbocycles. The largest absolute Gasteiger partial charge is 0.311 e. The second-order valence-electron chi connectivity index (χ2n) is 5.29. The maximum Gasteiger partial charge on any atom is 0.160 e. The lowest BCUT2D eigenvalue weighted by atomic mass is 10.1. The molecule has 1 aromatic carbocycles. The van der Waals surface area contributed by atoms with Crippen LogP contribution in [0.5, 0.6) is 0 Å². The van der Waals surface area contributed by atoms with Gasteiger partial charge in [-0.2, -0.15) is 0 Å². The summed E-state index contributed by atoms with van der Waals surface area (Å²) in [5.74, 6) is 1.29. The van der Waals surface area contributed by atoms with Crippen molar-refractivity contribution in [3.05, 3.63) is 59.0 Å². The molecule has 0 aliphatic rings. The molecule has 0 radical (unpaired) electrons. The zero-order valence-electron chi connectivity index (χ0n) is 12.3. The number of rotatable bonds is 4. The van der Waals surface area contributed by atoms with E-state index >= 15 is 0 Å². The molecule has 0 atom stereocenters. The third-order valence-electron chi connectivity index (χ3n) is 3.80. The molecule has 21 heavy (non-hydrogen) atoms. The van der Waals surface area contributed by atoms with E-state index in [0.29, 0.717) is 5.88 Å². The van der Waals surface area contributed by atoms with Crippen LogP contribution in [0.2, 0.25) is 0 Å². The summed E-state index contributed by atoms with van der Waals surface area (Å²) in [6.45, 7) is 4.99. The van der Waals surface area contributed by atoms with Gasteiger partial charge in [-0.25, -0.2) is 9.97 Å². The molecular weight excluding hydrogens is 282 g/mol. The number of halogens is 1. The Morgan fingerprint density at radius 2 is 1.86 bits per heavy atom. The average molecular weight is 300 g/mol. The molecule has 0 fully saturated rings. The predicted octanol–water partition coefficient (Wildman–Crippen LogP) is 4.03. The molecule has 108 valence electrons. The molecule has 0 unspecified atom stereocenters. The maximum atomic E-state index is 6.05. The number of alkyl halides is 1. The number of fused-ring (bicyclic) bond motifs is 1. The van der Waals surface area contributed by atoms with Crippen LogP contribution in [0.15, 0.2) is 36.4 Å². The number of aromatic nitrogens is 3. The summed E-state index contributed by atoms with van der Waals surface area (Å²) in [5, 5.41) is 0. The molecule has 0 bridgehead atoms.